The number of hydrogen-bond donors (Lipinski definition) is 1. The lowest BCUT2D eigenvalue weighted by atomic mass is 10.0. The number of fused-ring (bicyclic) bond motifs is 2. The van der Waals surface area contributed by atoms with Gasteiger partial charge in [-0.2, -0.15) is 4.90 Å². The van der Waals surface area contributed by atoms with E-state index in [1.165, 1.54) is 0 Å². The van der Waals surface area contributed by atoms with E-state index in [-0.39, 0.29) is 17.0 Å². The van der Waals surface area contributed by atoms with E-state index in [0.717, 1.165) is 17.2 Å². The minimum Gasteiger partial charge on any atom is -0.790 e. The summed E-state index contributed by atoms with van der Waals surface area (Å²) < 4.78 is 63.5. The second-order valence-electron chi connectivity index (χ2n) is 8.99. The topological polar surface area (TPSA) is 404 Å². The van der Waals surface area contributed by atoms with Gasteiger partial charge in [0.25, 0.3) is 15.6 Å². The summed E-state index contributed by atoms with van der Waals surface area (Å²) in [6.45, 7) is -1.32. The lowest BCUT2D eigenvalue weighted by Crippen LogP contribution is -2.46. The normalized spacial score (nSPS) is 28.7. The van der Waals surface area contributed by atoms with Crippen LogP contribution in [0.2, 0.25) is 0 Å². The van der Waals surface area contributed by atoms with Crippen molar-refractivity contribution in [1.29, 1.82) is 0 Å². The number of hydrogen-bond acceptors (Lipinski definition) is 23. The van der Waals surface area contributed by atoms with Gasteiger partial charge in [0.05, 0.1) is 42.8 Å². The number of rotatable bonds is 10. The van der Waals surface area contributed by atoms with Crippen molar-refractivity contribution in [2.24, 2.45) is 0 Å². The number of nitrogen functional groups attached to an aromatic ring is 1. The second kappa shape index (κ2) is 11.5. The minimum absolute atomic E-state index is 0.0201. The van der Waals surface area contributed by atoms with Crippen LogP contribution in [-0.2, 0) is 41.1 Å². The van der Waals surface area contributed by atoms with Gasteiger partial charge in [-0.1, -0.05) is 0 Å². The zero-order valence-corrected chi connectivity index (χ0v) is 24.3. The van der Waals surface area contributed by atoms with E-state index < -0.39 is 92.3 Å². The number of aromatic nitrogens is 4. The van der Waals surface area contributed by atoms with E-state index in [2.05, 4.69) is 28.1 Å². The van der Waals surface area contributed by atoms with E-state index in [1.807, 2.05) is 0 Å². The SMILES string of the molecule is Nc1ncnc2c1ncn2[C@@H]1O[C@H](COP(=O)([O-])OP(=O)([O-])OP(=O)([O-])[O-])[C@H]2OC3(O[C@H]21)C([N+](=O)[O-])=CC(=[N+]([O-])[O-])C=C3[N+](=O)[O-]. The molecular weight excluding hydrogens is 701 g/mol. The molecule has 0 amide bonds. The largest absolute Gasteiger partial charge is 0.790 e. The van der Waals surface area contributed by atoms with E-state index in [4.69, 9.17) is 19.9 Å². The number of nitro groups is 2. The number of imidazole rings is 1. The molecule has 2 aromatic rings. The van der Waals surface area contributed by atoms with Crippen LogP contribution < -0.4 is 25.3 Å². The molecule has 27 nitrogen and oxygen atoms in total. The maximum Gasteiger partial charge on any atom is 0.357 e. The maximum atomic E-state index is 12.2. The molecule has 0 aromatic carbocycles. The molecule has 30 heteroatoms. The number of nitrogens with zero attached hydrogens (tertiary/aromatic N) is 7. The molecule has 0 radical (unpaired) electrons. The van der Waals surface area contributed by atoms with Gasteiger partial charge in [0.15, 0.2) is 17.7 Å². The van der Waals surface area contributed by atoms with Crippen molar-refractivity contribution in [3.8, 4) is 0 Å². The molecule has 46 heavy (non-hydrogen) atoms. The summed E-state index contributed by atoms with van der Waals surface area (Å²) in [6, 6.07) is 0. The van der Waals surface area contributed by atoms with E-state index in [9.17, 15) is 63.9 Å². The third-order valence-corrected chi connectivity index (χ3v) is 9.86. The van der Waals surface area contributed by atoms with E-state index in [0.29, 0.717) is 12.2 Å². The standard InChI is InChI=1S/C16H16N8O19P3/c17-13-10-14(19-4-18-13)21(5-20-10)15-12-11(7(39-15)3-38-45(34,35)43-46(36,37)42-44(31,32)33)40-16(41-12)8(23(27)28)1-6(22(25)26)2-9(16)24(29)30/h1-2,4-5,7,11-12,15H,3H2,(H6-,17,18,19,25,26,31,32,33,34,35,36,37)/q-1/p-4/t7-,11-,12-,15-/m1/s1. The molecule has 6 atom stereocenters. The maximum absolute atomic E-state index is 12.2. The van der Waals surface area contributed by atoms with E-state index >= 15 is 0 Å². The summed E-state index contributed by atoms with van der Waals surface area (Å²) in [5, 5.41) is 46.8. The Balaban J connectivity index is 1.54. The number of anilines is 1. The summed E-state index contributed by atoms with van der Waals surface area (Å²) in [7, 11) is -18.8. The average Bonchev–Trinajstić information content (AvgIpc) is 3.58. The third kappa shape index (κ3) is 6.27. The molecule has 2 fully saturated rings. The van der Waals surface area contributed by atoms with Crippen molar-refractivity contribution in [2.45, 2.75) is 30.3 Å². The first kappa shape index (κ1) is 33.6. The highest BCUT2D eigenvalue weighted by Gasteiger charge is 2.70. The van der Waals surface area contributed by atoms with Gasteiger partial charge in [-0.15, -0.1) is 0 Å². The van der Waals surface area contributed by atoms with Crippen molar-refractivity contribution >= 4 is 46.2 Å². The number of phosphoric ester groups is 1. The van der Waals surface area contributed by atoms with Crippen LogP contribution in [0.3, 0.4) is 0 Å². The minimum atomic E-state index is -6.38. The fraction of sp³-hybridized carbons (Fsp3) is 0.375. The lowest BCUT2D eigenvalue weighted by Gasteiger charge is -2.37. The van der Waals surface area contributed by atoms with Gasteiger partial charge >= 0.3 is 17.2 Å². The van der Waals surface area contributed by atoms with Gasteiger partial charge < -0.3 is 59.0 Å². The number of nitrogens with two attached hydrogens (primary N) is 1. The van der Waals surface area contributed by atoms with Crippen molar-refractivity contribution in [3.05, 3.63) is 66.8 Å². The van der Waals surface area contributed by atoms with Gasteiger partial charge in [-0.3, -0.25) is 38.2 Å². The van der Waals surface area contributed by atoms with Crippen molar-refractivity contribution in [3.63, 3.8) is 0 Å². The summed E-state index contributed by atoms with van der Waals surface area (Å²) in [5.41, 5.74) is 1.90. The molecule has 2 saturated heterocycles. The number of ether oxygens (including phenoxy) is 3. The predicted octanol–water partition coefficient (Wildman–Crippen LogP) is -3.61. The molecule has 1 spiro atoms. The Morgan fingerprint density at radius 2 is 1.52 bits per heavy atom. The highest BCUT2D eigenvalue weighted by molar-refractivity contribution is 7.64. The smallest absolute Gasteiger partial charge is 0.357 e. The molecule has 250 valence electrons. The van der Waals surface area contributed by atoms with Gasteiger partial charge in [0.1, 0.15) is 30.2 Å². The van der Waals surface area contributed by atoms with Crippen LogP contribution in [0.5, 0.6) is 0 Å². The van der Waals surface area contributed by atoms with E-state index in [1.54, 1.807) is 0 Å². The quantitative estimate of drug-likeness (QED) is 0.107. The second-order valence-corrected chi connectivity index (χ2v) is 13.2. The lowest BCUT2D eigenvalue weighted by molar-refractivity contribution is -0.499. The Hall–Kier alpha value is -3.81. The molecule has 2 N–H and O–H groups in total. The van der Waals surface area contributed by atoms with Crippen molar-refractivity contribution in [1.82, 2.24) is 19.5 Å². The summed E-state index contributed by atoms with van der Waals surface area (Å²) in [6.07, 6.45) is -4.27. The molecule has 4 heterocycles. The molecule has 0 bridgehead atoms. The third-order valence-electron chi connectivity index (χ3n) is 6.20. The predicted molar refractivity (Wildman–Crippen MR) is 129 cm³/mol. The zero-order valence-electron chi connectivity index (χ0n) is 21.6. The highest BCUT2D eigenvalue weighted by atomic mass is 31.3. The zero-order chi connectivity index (χ0) is 34.0. The van der Waals surface area contributed by atoms with Crippen LogP contribution in [0.15, 0.2) is 36.2 Å². The Morgan fingerprint density at radius 1 is 0.913 bits per heavy atom. The first-order chi connectivity index (χ1) is 21.2. The van der Waals surface area contributed by atoms with Gasteiger partial charge in [-0.05, 0) is 0 Å². The number of phosphoric acid groups is 3. The van der Waals surface area contributed by atoms with Crippen LogP contribution in [0.1, 0.15) is 6.23 Å². The molecule has 0 saturated carbocycles. The average molecular weight is 713 g/mol. The molecule has 2 unspecified atom stereocenters. The highest BCUT2D eigenvalue weighted by Crippen LogP contribution is 2.61. The Labute approximate surface area is 251 Å². The van der Waals surface area contributed by atoms with Crippen molar-refractivity contribution < 1.29 is 75.4 Å². The monoisotopic (exact) mass is 713 g/mol. The fourth-order valence-corrected chi connectivity index (χ4v) is 7.45. The number of allylic oxidation sites excluding steroid dienone is 2. The van der Waals surface area contributed by atoms with Crippen LogP contribution in [-0.4, -0.2) is 70.7 Å². The molecule has 1 aliphatic carbocycles. The summed E-state index contributed by atoms with van der Waals surface area (Å²) in [4.78, 5) is 77.0. The Morgan fingerprint density at radius 3 is 2.09 bits per heavy atom. The van der Waals surface area contributed by atoms with Crippen LogP contribution in [0.25, 0.3) is 11.2 Å². The summed E-state index contributed by atoms with van der Waals surface area (Å²) in [5.74, 6) is -3.23. The van der Waals surface area contributed by atoms with Crippen LogP contribution >= 0.6 is 23.5 Å². The fourth-order valence-electron chi connectivity index (χ4n) is 4.59. The molecule has 2 aromatic heterocycles. The Bertz CT molecular complexity index is 1830. The van der Waals surface area contributed by atoms with Crippen LogP contribution in [0, 0.1) is 30.6 Å². The first-order valence-electron chi connectivity index (χ1n) is 11.6. The van der Waals surface area contributed by atoms with Gasteiger partial charge in [0.2, 0.25) is 5.71 Å². The van der Waals surface area contributed by atoms with Crippen molar-refractivity contribution in [2.75, 3.05) is 12.3 Å². The molecule has 5 rings (SSSR count). The molecule has 3 aliphatic rings. The van der Waals surface area contributed by atoms with Gasteiger partial charge in [0, 0.05) is 0 Å². The molecular formula is C16H12N8O19P3-5. The van der Waals surface area contributed by atoms with Crippen LogP contribution in [0.4, 0.5) is 5.82 Å². The first-order valence-corrected chi connectivity index (χ1v) is 16.0. The summed E-state index contributed by atoms with van der Waals surface area (Å²) >= 11 is 0. The molecule has 2 aliphatic heterocycles. The Kier molecular flexibility index (Phi) is 8.36. The van der Waals surface area contributed by atoms with Gasteiger partial charge in [-0.25, -0.2) is 19.3 Å².